The Hall–Kier alpha value is -3.14. The molecular weight excluding hydrogens is 385 g/mol. The Balaban J connectivity index is 1.37. The van der Waals surface area contributed by atoms with Crippen molar-refractivity contribution in [3.05, 3.63) is 59.7 Å². The molecule has 1 aromatic heterocycles. The first-order valence-electron chi connectivity index (χ1n) is 9.12. The number of benzene rings is 2. The lowest BCUT2D eigenvalue weighted by molar-refractivity contribution is -0.137. The summed E-state index contributed by atoms with van der Waals surface area (Å²) in [5, 5.41) is 14.0. The van der Waals surface area contributed by atoms with Crippen LogP contribution in [0, 0.1) is 0 Å². The summed E-state index contributed by atoms with van der Waals surface area (Å²) in [5.74, 6) is 1.26. The second kappa shape index (κ2) is 8.08. The van der Waals surface area contributed by atoms with Crippen LogP contribution in [0.2, 0.25) is 0 Å². The van der Waals surface area contributed by atoms with Crippen LogP contribution >= 0.6 is 0 Å². The van der Waals surface area contributed by atoms with Crippen molar-refractivity contribution in [1.82, 2.24) is 25.5 Å². The maximum Gasteiger partial charge on any atom is 0.416 e. The second-order valence-electron chi connectivity index (χ2n) is 6.75. The van der Waals surface area contributed by atoms with Crippen LogP contribution < -0.4 is 9.64 Å². The van der Waals surface area contributed by atoms with Crippen LogP contribution in [0.4, 0.5) is 19.1 Å². The molecule has 0 atom stereocenters. The molecule has 0 aliphatic carbocycles. The van der Waals surface area contributed by atoms with Crippen molar-refractivity contribution in [3.8, 4) is 11.5 Å². The van der Waals surface area contributed by atoms with E-state index in [1.165, 1.54) is 12.1 Å². The van der Waals surface area contributed by atoms with Gasteiger partial charge in [0, 0.05) is 32.7 Å². The van der Waals surface area contributed by atoms with Crippen molar-refractivity contribution in [2.45, 2.75) is 12.7 Å². The highest BCUT2D eigenvalue weighted by molar-refractivity contribution is 5.36. The molecular formula is C19H19F3N6O. The number of alkyl halides is 3. The summed E-state index contributed by atoms with van der Waals surface area (Å²) in [5.41, 5.74) is 0.299. The summed E-state index contributed by atoms with van der Waals surface area (Å²) in [7, 11) is 0. The fourth-order valence-corrected chi connectivity index (χ4v) is 3.23. The van der Waals surface area contributed by atoms with Crippen molar-refractivity contribution in [2.24, 2.45) is 0 Å². The molecule has 1 N–H and O–H groups in total. The highest BCUT2D eigenvalue weighted by atomic mass is 19.4. The molecule has 0 bridgehead atoms. The van der Waals surface area contributed by atoms with Crippen LogP contribution in [0.3, 0.4) is 0 Å². The molecule has 10 heteroatoms. The van der Waals surface area contributed by atoms with Crippen LogP contribution in [0.25, 0.3) is 0 Å². The van der Waals surface area contributed by atoms with Gasteiger partial charge in [-0.3, -0.25) is 4.90 Å². The lowest BCUT2D eigenvalue weighted by atomic mass is 10.2. The third-order valence-corrected chi connectivity index (χ3v) is 4.69. The fourth-order valence-electron chi connectivity index (χ4n) is 3.23. The maximum absolute atomic E-state index is 12.9. The van der Waals surface area contributed by atoms with Gasteiger partial charge in [0.25, 0.3) is 5.95 Å². The van der Waals surface area contributed by atoms with E-state index in [9.17, 15) is 13.2 Å². The maximum atomic E-state index is 12.9. The number of piperazine rings is 1. The van der Waals surface area contributed by atoms with E-state index >= 15 is 0 Å². The predicted molar refractivity (Wildman–Crippen MR) is 99.6 cm³/mol. The number of aromatic nitrogens is 4. The van der Waals surface area contributed by atoms with Gasteiger partial charge in [-0.2, -0.15) is 18.4 Å². The number of aromatic amines is 1. The first-order valence-corrected chi connectivity index (χ1v) is 9.12. The lowest BCUT2D eigenvalue weighted by Crippen LogP contribution is -2.46. The van der Waals surface area contributed by atoms with Gasteiger partial charge >= 0.3 is 6.18 Å². The number of nitrogens with one attached hydrogen (secondary N) is 1. The molecule has 1 aliphatic heterocycles. The number of rotatable bonds is 5. The monoisotopic (exact) mass is 404 g/mol. The van der Waals surface area contributed by atoms with Gasteiger partial charge in [0.15, 0.2) is 0 Å². The lowest BCUT2D eigenvalue weighted by Gasteiger charge is -2.33. The molecule has 152 valence electrons. The Morgan fingerprint density at radius 3 is 2.38 bits per heavy atom. The topological polar surface area (TPSA) is 70.2 Å². The normalized spacial score (nSPS) is 15.5. The smallest absolute Gasteiger partial charge is 0.416 e. The Bertz CT molecular complexity index is 939. The van der Waals surface area contributed by atoms with Crippen LogP contribution in [0.1, 0.15) is 11.1 Å². The van der Waals surface area contributed by atoms with E-state index < -0.39 is 11.7 Å². The number of hydrogen-bond acceptors (Lipinski definition) is 6. The first-order chi connectivity index (χ1) is 14.0. The minimum absolute atomic E-state index is 0.158. The van der Waals surface area contributed by atoms with Crippen LogP contribution in [-0.4, -0.2) is 51.7 Å². The fraction of sp³-hybridized carbons (Fsp3) is 0.316. The van der Waals surface area contributed by atoms with Gasteiger partial charge in [-0.05, 0) is 41.1 Å². The number of halogens is 3. The van der Waals surface area contributed by atoms with Crippen molar-refractivity contribution >= 4 is 5.95 Å². The zero-order valence-electron chi connectivity index (χ0n) is 15.4. The molecule has 1 aliphatic rings. The second-order valence-corrected chi connectivity index (χ2v) is 6.75. The largest absolute Gasteiger partial charge is 0.457 e. The van der Waals surface area contributed by atoms with Gasteiger partial charge in [0.1, 0.15) is 11.5 Å². The number of nitrogens with zero attached hydrogens (tertiary/aromatic N) is 5. The van der Waals surface area contributed by atoms with Crippen LogP contribution in [0.15, 0.2) is 48.5 Å². The first kappa shape index (κ1) is 19.2. The van der Waals surface area contributed by atoms with E-state index in [0.717, 1.165) is 50.4 Å². The Kier molecular flexibility index (Phi) is 5.34. The highest BCUT2D eigenvalue weighted by Crippen LogP contribution is 2.32. The molecule has 0 saturated carbocycles. The van der Waals surface area contributed by atoms with E-state index in [0.29, 0.717) is 11.7 Å². The van der Waals surface area contributed by atoms with Gasteiger partial charge < -0.3 is 9.64 Å². The SMILES string of the molecule is FC(F)(F)c1cccc(Oc2cccc(CN3CCN(c4nn[nH]n4)CC3)c2)c1. The Morgan fingerprint density at radius 2 is 1.69 bits per heavy atom. The average Bonchev–Trinajstić information content (AvgIpc) is 3.23. The summed E-state index contributed by atoms with van der Waals surface area (Å²) in [4.78, 5) is 4.35. The third-order valence-electron chi connectivity index (χ3n) is 4.69. The molecule has 2 heterocycles. The van der Waals surface area contributed by atoms with E-state index in [1.807, 2.05) is 18.2 Å². The van der Waals surface area contributed by atoms with Crippen molar-refractivity contribution in [2.75, 3.05) is 31.1 Å². The number of hydrogen-bond donors (Lipinski definition) is 1. The molecule has 29 heavy (non-hydrogen) atoms. The standard InChI is InChI=1S/C19H19F3N6O/c20-19(21,22)15-4-2-6-17(12-15)29-16-5-1-3-14(11-16)13-27-7-9-28(10-8-27)18-23-25-26-24-18/h1-6,11-12H,7-10,13H2,(H,23,24,25,26). The highest BCUT2D eigenvalue weighted by Gasteiger charge is 2.30. The molecule has 7 nitrogen and oxygen atoms in total. The summed E-state index contributed by atoms with van der Waals surface area (Å²) >= 11 is 0. The number of H-pyrrole nitrogens is 1. The molecule has 1 fully saturated rings. The summed E-state index contributed by atoms with van der Waals surface area (Å²) in [6.45, 7) is 3.99. The molecule has 4 rings (SSSR count). The van der Waals surface area contributed by atoms with Gasteiger partial charge in [0.05, 0.1) is 5.56 Å². The van der Waals surface area contributed by atoms with Crippen molar-refractivity contribution < 1.29 is 17.9 Å². The molecule has 1 saturated heterocycles. The van der Waals surface area contributed by atoms with Gasteiger partial charge in [-0.15, -0.1) is 5.10 Å². The molecule has 3 aromatic rings. The number of anilines is 1. The zero-order valence-corrected chi connectivity index (χ0v) is 15.4. The number of ether oxygens (including phenoxy) is 1. The minimum Gasteiger partial charge on any atom is -0.457 e. The summed E-state index contributed by atoms with van der Waals surface area (Å²) in [6, 6.07) is 12.3. The van der Waals surface area contributed by atoms with E-state index in [-0.39, 0.29) is 5.75 Å². The summed E-state index contributed by atoms with van der Waals surface area (Å²) in [6.07, 6.45) is -4.40. The van der Waals surface area contributed by atoms with Crippen LogP contribution in [-0.2, 0) is 12.7 Å². The summed E-state index contributed by atoms with van der Waals surface area (Å²) < 4.78 is 44.3. The third kappa shape index (κ3) is 4.83. The Morgan fingerprint density at radius 1 is 0.966 bits per heavy atom. The number of tetrazole rings is 1. The van der Waals surface area contributed by atoms with Crippen molar-refractivity contribution in [3.63, 3.8) is 0 Å². The minimum atomic E-state index is -4.40. The van der Waals surface area contributed by atoms with Gasteiger partial charge in [0.2, 0.25) is 0 Å². The average molecular weight is 404 g/mol. The Labute approximate surface area is 165 Å². The molecule has 0 unspecified atom stereocenters. The van der Waals surface area contributed by atoms with Gasteiger partial charge in [-0.25, -0.2) is 0 Å². The zero-order chi connectivity index (χ0) is 20.3. The molecule has 0 radical (unpaired) electrons. The van der Waals surface area contributed by atoms with Crippen LogP contribution in [0.5, 0.6) is 11.5 Å². The van der Waals surface area contributed by atoms with E-state index in [2.05, 4.69) is 30.4 Å². The predicted octanol–water partition coefficient (Wildman–Crippen LogP) is 3.33. The molecule has 0 spiro atoms. The van der Waals surface area contributed by atoms with E-state index in [1.54, 1.807) is 6.07 Å². The van der Waals surface area contributed by atoms with Crippen molar-refractivity contribution in [1.29, 1.82) is 0 Å². The van der Waals surface area contributed by atoms with Gasteiger partial charge in [-0.1, -0.05) is 23.3 Å². The quantitative estimate of drug-likeness (QED) is 0.704. The molecule has 2 aromatic carbocycles. The van der Waals surface area contributed by atoms with E-state index in [4.69, 9.17) is 4.74 Å². The molecule has 0 amide bonds.